The Bertz CT molecular complexity index is 3600. The zero-order valence-electron chi connectivity index (χ0n) is 41.4. The lowest BCUT2D eigenvalue weighted by atomic mass is 9.93. The lowest BCUT2D eigenvalue weighted by Gasteiger charge is -2.26. The molecule has 5 heteroatoms. The number of rotatable bonds is 11. The maximum atomic E-state index is 5.23. The molecule has 0 aliphatic heterocycles. The summed E-state index contributed by atoms with van der Waals surface area (Å²) >= 11 is 0. The van der Waals surface area contributed by atoms with Gasteiger partial charge in [0.25, 0.3) is 0 Å². The standard InChI is InChI=1S/C68H53N5/c1-46-25-29-51(30-26-46)63-45-64(70-68(69-63)52-31-27-47(2)28-32-52)67-48(3)41-53(42-49(67)4)50-33-35-58(36-34-50)73-65-39-37-59(71(54-17-9-5-10-18-54)55-19-11-6-12-20-55)43-61(65)62-44-60(38-40-66(62)73)72(56-21-13-7-14-22-56)57-23-15-8-16-24-57/h5-45H,1-4H3. The van der Waals surface area contributed by atoms with E-state index in [2.05, 4.69) is 291 Å². The quantitative estimate of drug-likeness (QED) is 0.129. The van der Waals surface area contributed by atoms with Gasteiger partial charge in [-0.3, -0.25) is 0 Å². The third kappa shape index (κ3) is 8.72. The van der Waals surface area contributed by atoms with E-state index in [1.807, 2.05) is 0 Å². The summed E-state index contributed by atoms with van der Waals surface area (Å²) in [4.78, 5) is 15.0. The highest BCUT2D eigenvalue weighted by Crippen LogP contribution is 2.43. The van der Waals surface area contributed by atoms with Crippen LogP contribution in [0, 0.1) is 27.7 Å². The highest BCUT2D eigenvalue weighted by atomic mass is 15.1. The summed E-state index contributed by atoms with van der Waals surface area (Å²) in [5.41, 5.74) is 22.0. The minimum absolute atomic E-state index is 0.721. The number of fused-ring (bicyclic) bond motifs is 3. The van der Waals surface area contributed by atoms with Gasteiger partial charge in [0.05, 0.1) is 22.4 Å². The molecule has 0 fully saturated rings. The molecule has 2 aromatic heterocycles. The van der Waals surface area contributed by atoms with Crippen molar-refractivity contribution in [2.45, 2.75) is 27.7 Å². The Hall–Kier alpha value is -9.32. The zero-order chi connectivity index (χ0) is 49.4. The van der Waals surface area contributed by atoms with Crippen molar-refractivity contribution >= 4 is 55.9 Å². The lowest BCUT2D eigenvalue weighted by molar-refractivity contribution is 1.17. The molecular weight excluding hydrogens is 887 g/mol. The molecule has 0 N–H and O–H groups in total. The molecule has 73 heavy (non-hydrogen) atoms. The van der Waals surface area contributed by atoms with Gasteiger partial charge in [0.1, 0.15) is 0 Å². The monoisotopic (exact) mass is 939 g/mol. The summed E-state index contributed by atoms with van der Waals surface area (Å²) in [6.07, 6.45) is 0. The van der Waals surface area contributed by atoms with Crippen molar-refractivity contribution in [1.82, 2.24) is 14.5 Å². The molecule has 0 aliphatic rings. The molecule has 5 nitrogen and oxygen atoms in total. The Morgan fingerprint density at radius 3 is 1.15 bits per heavy atom. The molecular formula is C68H53N5. The Morgan fingerprint density at radius 1 is 0.315 bits per heavy atom. The van der Waals surface area contributed by atoms with Crippen LogP contribution in [0.15, 0.2) is 249 Å². The van der Waals surface area contributed by atoms with Gasteiger partial charge in [-0.25, -0.2) is 9.97 Å². The van der Waals surface area contributed by atoms with Crippen LogP contribution >= 0.6 is 0 Å². The molecule has 0 aliphatic carbocycles. The van der Waals surface area contributed by atoms with Crippen LogP contribution in [0.3, 0.4) is 0 Å². The smallest absolute Gasteiger partial charge is 0.160 e. The van der Waals surface area contributed by atoms with Gasteiger partial charge in [-0.2, -0.15) is 0 Å². The first-order valence-electron chi connectivity index (χ1n) is 25.0. The summed E-state index contributed by atoms with van der Waals surface area (Å²) in [7, 11) is 0. The highest BCUT2D eigenvalue weighted by molar-refractivity contribution is 6.12. The summed E-state index contributed by atoms with van der Waals surface area (Å²) in [5.74, 6) is 0.721. The fourth-order valence-electron chi connectivity index (χ4n) is 10.4. The molecule has 350 valence electrons. The molecule has 0 radical (unpaired) electrons. The number of aromatic nitrogens is 3. The van der Waals surface area contributed by atoms with E-state index in [4.69, 9.17) is 9.97 Å². The average Bonchev–Trinajstić information content (AvgIpc) is 3.75. The number of benzene rings is 10. The first-order chi connectivity index (χ1) is 35.8. The van der Waals surface area contributed by atoms with Crippen molar-refractivity contribution in [1.29, 1.82) is 0 Å². The van der Waals surface area contributed by atoms with E-state index in [0.29, 0.717) is 0 Å². The van der Waals surface area contributed by atoms with Crippen molar-refractivity contribution in [2.75, 3.05) is 9.80 Å². The number of hydrogen-bond donors (Lipinski definition) is 0. The van der Waals surface area contributed by atoms with Crippen LogP contribution in [0.25, 0.3) is 72.5 Å². The van der Waals surface area contributed by atoms with Crippen LogP contribution < -0.4 is 9.80 Å². The minimum atomic E-state index is 0.721. The van der Waals surface area contributed by atoms with Gasteiger partial charge in [-0.1, -0.05) is 157 Å². The Balaban J connectivity index is 0.969. The molecule has 0 amide bonds. The minimum Gasteiger partial charge on any atom is -0.310 e. The summed E-state index contributed by atoms with van der Waals surface area (Å²) < 4.78 is 2.42. The van der Waals surface area contributed by atoms with Gasteiger partial charge in [-0.05, 0) is 153 Å². The van der Waals surface area contributed by atoms with Crippen LogP contribution in [-0.4, -0.2) is 14.5 Å². The van der Waals surface area contributed by atoms with Crippen LogP contribution in [0.2, 0.25) is 0 Å². The second-order valence-electron chi connectivity index (χ2n) is 19.0. The van der Waals surface area contributed by atoms with E-state index in [9.17, 15) is 0 Å². The van der Waals surface area contributed by atoms with Gasteiger partial charge in [0, 0.05) is 67.3 Å². The Labute approximate surface area is 427 Å². The number of anilines is 6. The van der Waals surface area contributed by atoms with Gasteiger partial charge < -0.3 is 14.4 Å². The Morgan fingerprint density at radius 2 is 0.712 bits per heavy atom. The highest BCUT2D eigenvalue weighted by Gasteiger charge is 2.21. The molecule has 10 aromatic carbocycles. The third-order valence-electron chi connectivity index (χ3n) is 13.9. The van der Waals surface area contributed by atoms with Crippen molar-refractivity contribution in [3.05, 3.63) is 271 Å². The average molecular weight is 940 g/mol. The SMILES string of the molecule is Cc1ccc(-c2cc(-c3c(C)cc(-c4ccc(-n5c6ccc(N(c7ccccc7)c7ccccc7)cc6c6cc(N(c7ccccc7)c7ccccc7)ccc65)cc4)cc3C)nc(-c3ccc(C)cc3)n2)cc1. The second-order valence-corrected chi connectivity index (χ2v) is 19.0. The molecule has 0 unspecified atom stereocenters. The van der Waals surface area contributed by atoms with Crippen molar-refractivity contribution in [3.63, 3.8) is 0 Å². The molecule has 0 spiro atoms. The van der Waals surface area contributed by atoms with E-state index >= 15 is 0 Å². The molecule has 0 atom stereocenters. The molecule has 0 bridgehead atoms. The third-order valence-corrected chi connectivity index (χ3v) is 13.9. The van der Waals surface area contributed by atoms with Gasteiger partial charge >= 0.3 is 0 Å². The largest absolute Gasteiger partial charge is 0.310 e. The zero-order valence-corrected chi connectivity index (χ0v) is 41.4. The van der Waals surface area contributed by atoms with E-state index < -0.39 is 0 Å². The topological polar surface area (TPSA) is 37.2 Å². The van der Waals surface area contributed by atoms with E-state index in [0.717, 1.165) is 107 Å². The number of nitrogens with zero attached hydrogens (tertiary/aromatic N) is 5. The van der Waals surface area contributed by atoms with Crippen LogP contribution in [-0.2, 0) is 0 Å². The maximum absolute atomic E-state index is 5.23. The summed E-state index contributed by atoms with van der Waals surface area (Å²) in [6.45, 7) is 8.62. The molecule has 0 saturated carbocycles. The molecule has 12 aromatic rings. The van der Waals surface area contributed by atoms with Crippen molar-refractivity contribution in [2.24, 2.45) is 0 Å². The summed E-state index contributed by atoms with van der Waals surface area (Å²) in [5, 5.41) is 2.33. The van der Waals surface area contributed by atoms with Crippen molar-refractivity contribution in [3.8, 4) is 50.7 Å². The second kappa shape index (κ2) is 19.1. The van der Waals surface area contributed by atoms with Crippen molar-refractivity contribution < 1.29 is 0 Å². The maximum Gasteiger partial charge on any atom is 0.160 e. The molecule has 12 rings (SSSR count). The van der Waals surface area contributed by atoms with E-state index in [-0.39, 0.29) is 0 Å². The lowest BCUT2D eigenvalue weighted by Crippen LogP contribution is -2.09. The van der Waals surface area contributed by atoms with Gasteiger partial charge in [0.2, 0.25) is 0 Å². The fourth-order valence-corrected chi connectivity index (χ4v) is 10.4. The van der Waals surface area contributed by atoms with E-state index in [1.54, 1.807) is 0 Å². The predicted octanol–water partition coefficient (Wildman–Crippen LogP) is 18.4. The van der Waals surface area contributed by atoms with E-state index in [1.165, 1.54) is 21.9 Å². The Kier molecular flexibility index (Phi) is 11.7. The van der Waals surface area contributed by atoms with Gasteiger partial charge in [0.15, 0.2) is 5.82 Å². The summed E-state index contributed by atoms with van der Waals surface area (Å²) in [6, 6.07) is 89.2. The van der Waals surface area contributed by atoms with Crippen LogP contribution in [0.4, 0.5) is 34.1 Å². The van der Waals surface area contributed by atoms with Crippen LogP contribution in [0.5, 0.6) is 0 Å². The fraction of sp³-hybridized carbons (Fsp3) is 0.0588. The van der Waals surface area contributed by atoms with Crippen LogP contribution in [0.1, 0.15) is 22.3 Å². The molecule has 0 saturated heterocycles. The number of aryl methyl sites for hydroxylation is 4. The number of para-hydroxylation sites is 4. The number of hydrogen-bond acceptors (Lipinski definition) is 4. The van der Waals surface area contributed by atoms with Gasteiger partial charge in [-0.15, -0.1) is 0 Å². The first kappa shape index (κ1) is 44.9. The normalized spacial score (nSPS) is 11.3. The molecule has 2 heterocycles. The predicted molar refractivity (Wildman–Crippen MR) is 306 cm³/mol. The first-order valence-corrected chi connectivity index (χ1v) is 25.0.